The first-order valence-electron chi connectivity index (χ1n) is 11.4. The zero-order valence-corrected chi connectivity index (χ0v) is 20.3. The molecular weight excluding hydrogens is 505 g/mol. The fourth-order valence-electron chi connectivity index (χ4n) is 4.43. The number of ether oxygens (including phenoxy) is 1. The first-order valence-corrected chi connectivity index (χ1v) is 12.2. The van der Waals surface area contributed by atoms with Crippen LogP contribution in [0.4, 0.5) is 4.39 Å². The summed E-state index contributed by atoms with van der Waals surface area (Å²) < 4.78 is 19.5. The lowest BCUT2D eigenvalue weighted by Gasteiger charge is -2.38. The third-order valence-corrected chi connectivity index (χ3v) is 6.84. The molecule has 2 aliphatic heterocycles. The summed E-state index contributed by atoms with van der Waals surface area (Å²) in [7, 11) is 0. The molecule has 0 radical (unpaired) electrons. The zero-order valence-electron chi connectivity index (χ0n) is 18.7. The van der Waals surface area contributed by atoms with E-state index >= 15 is 0 Å². The summed E-state index contributed by atoms with van der Waals surface area (Å²) in [5, 5.41) is 2.90. The van der Waals surface area contributed by atoms with Crippen LogP contribution in [0.3, 0.4) is 0 Å². The summed E-state index contributed by atoms with van der Waals surface area (Å²) in [5.74, 6) is -1.16. The van der Waals surface area contributed by atoms with Crippen molar-refractivity contribution in [3.63, 3.8) is 0 Å². The molecule has 180 valence electrons. The minimum atomic E-state index is -0.723. The molecule has 0 bridgehead atoms. The molecule has 2 aromatic rings. The van der Waals surface area contributed by atoms with E-state index in [0.29, 0.717) is 63.4 Å². The van der Waals surface area contributed by atoms with Crippen LogP contribution in [-0.2, 0) is 9.53 Å². The first-order chi connectivity index (χ1) is 16.4. The van der Waals surface area contributed by atoms with Crippen LogP contribution >= 0.6 is 15.9 Å². The van der Waals surface area contributed by atoms with Gasteiger partial charge in [0.25, 0.3) is 11.8 Å². The molecule has 1 N–H and O–H groups in total. The molecule has 2 fully saturated rings. The summed E-state index contributed by atoms with van der Waals surface area (Å²) in [4.78, 5) is 42.7. The number of carbonyl (C=O) groups excluding carboxylic acids is 3. The van der Waals surface area contributed by atoms with Gasteiger partial charge >= 0.3 is 0 Å². The van der Waals surface area contributed by atoms with Crippen molar-refractivity contribution in [1.82, 2.24) is 15.1 Å². The maximum absolute atomic E-state index is 13.4. The van der Waals surface area contributed by atoms with Gasteiger partial charge in [-0.1, -0.05) is 22.0 Å². The number of morpholine rings is 1. The van der Waals surface area contributed by atoms with E-state index in [9.17, 15) is 18.8 Å². The van der Waals surface area contributed by atoms with Crippen LogP contribution in [0.5, 0.6) is 0 Å². The lowest BCUT2D eigenvalue weighted by molar-refractivity contribution is -0.139. The van der Waals surface area contributed by atoms with Gasteiger partial charge in [-0.25, -0.2) is 4.39 Å². The number of carbonyl (C=O) groups is 3. The summed E-state index contributed by atoms with van der Waals surface area (Å²) in [6.45, 7) is 2.86. The number of nitrogens with zero attached hydrogens (tertiary/aromatic N) is 2. The summed E-state index contributed by atoms with van der Waals surface area (Å²) >= 11 is 3.40. The maximum Gasteiger partial charge on any atom is 0.253 e. The second kappa shape index (κ2) is 11.1. The normalized spacial score (nSPS) is 17.8. The van der Waals surface area contributed by atoms with Gasteiger partial charge in [0.05, 0.1) is 13.2 Å². The largest absolute Gasteiger partial charge is 0.378 e. The van der Waals surface area contributed by atoms with Crippen LogP contribution < -0.4 is 5.32 Å². The quantitative estimate of drug-likeness (QED) is 0.642. The molecule has 1 unspecified atom stereocenters. The fraction of sp³-hybridized carbons (Fsp3) is 0.400. The van der Waals surface area contributed by atoms with E-state index in [1.54, 1.807) is 21.9 Å². The van der Waals surface area contributed by atoms with Crippen LogP contribution in [0, 0.1) is 11.7 Å². The Morgan fingerprint density at radius 1 is 0.941 bits per heavy atom. The van der Waals surface area contributed by atoms with E-state index in [1.165, 1.54) is 24.3 Å². The first kappa shape index (κ1) is 24.3. The van der Waals surface area contributed by atoms with E-state index in [-0.39, 0.29) is 17.7 Å². The smallest absolute Gasteiger partial charge is 0.253 e. The van der Waals surface area contributed by atoms with Gasteiger partial charge in [-0.15, -0.1) is 0 Å². The van der Waals surface area contributed by atoms with Gasteiger partial charge in [-0.3, -0.25) is 14.4 Å². The number of nitrogens with one attached hydrogen (secondary N) is 1. The second-order valence-corrected chi connectivity index (χ2v) is 9.45. The number of benzene rings is 2. The number of amides is 3. The third-order valence-electron chi connectivity index (χ3n) is 6.35. The minimum Gasteiger partial charge on any atom is -0.378 e. The fourth-order valence-corrected chi connectivity index (χ4v) is 4.83. The van der Waals surface area contributed by atoms with E-state index in [4.69, 9.17) is 4.74 Å². The van der Waals surface area contributed by atoms with Gasteiger partial charge in [-0.2, -0.15) is 0 Å². The Labute approximate surface area is 206 Å². The molecule has 34 heavy (non-hydrogen) atoms. The van der Waals surface area contributed by atoms with E-state index in [1.807, 2.05) is 12.1 Å². The Morgan fingerprint density at radius 2 is 1.62 bits per heavy atom. The summed E-state index contributed by atoms with van der Waals surface area (Å²) in [6.07, 6.45) is 1.17. The molecule has 0 saturated carbocycles. The number of hydrogen-bond acceptors (Lipinski definition) is 4. The molecule has 7 nitrogen and oxygen atoms in total. The Bertz CT molecular complexity index is 1030. The number of hydrogen-bond donors (Lipinski definition) is 1. The highest BCUT2D eigenvalue weighted by molar-refractivity contribution is 9.10. The number of rotatable bonds is 5. The van der Waals surface area contributed by atoms with Gasteiger partial charge in [-0.05, 0) is 61.2 Å². The molecule has 2 heterocycles. The monoisotopic (exact) mass is 531 g/mol. The van der Waals surface area contributed by atoms with Crippen molar-refractivity contribution in [3.05, 3.63) is 69.9 Å². The number of halogens is 2. The van der Waals surface area contributed by atoms with Crippen molar-refractivity contribution in [3.8, 4) is 0 Å². The molecule has 4 rings (SSSR count). The molecular formula is C25H27BrFN3O4. The number of likely N-dealkylation sites (tertiary alicyclic amines) is 1. The zero-order chi connectivity index (χ0) is 24.1. The molecule has 2 aromatic carbocycles. The van der Waals surface area contributed by atoms with Crippen molar-refractivity contribution in [2.24, 2.45) is 5.92 Å². The van der Waals surface area contributed by atoms with Gasteiger partial charge in [0.1, 0.15) is 11.9 Å². The Balaban J connectivity index is 1.46. The van der Waals surface area contributed by atoms with Crippen molar-refractivity contribution >= 4 is 33.7 Å². The molecule has 9 heteroatoms. The Kier molecular flexibility index (Phi) is 7.95. The van der Waals surface area contributed by atoms with E-state index < -0.39 is 17.8 Å². The van der Waals surface area contributed by atoms with Crippen molar-refractivity contribution in [2.45, 2.75) is 18.9 Å². The minimum absolute atomic E-state index is 0.0499. The molecule has 0 aliphatic carbocycles. The highest BCUT2D eigenvalue weighted by Crippen LogP contribution is 2.25. The van der Waals surface area contributed by atoms with Crippen molar-refractivity contribution in [2.75, 3.05) is 39.4 Å². The molecule has 0 spiro atoms. The average Bonchev–Trinajstić information content (AvgIpc) is 2.87. The Hall–Kier alpha value is -2.78. The standard InChI is InChI=1S/C25H27BrFN3O4/c26-20-3-1-2-19(16-20)24(32)29-10-8-17(9-11-29)22(25(33)30-12-14-34-15-13-30)28-23(31)18-4-6-21(27)7-5-18/h1-7,16-17,22H,8-15H2,(H,28,31). The molecule has 2 saturated heterocycles. The number of piperidine rings is 1. The summed E-state index contributed by atoms with van der Waals surface area (Å²) in [6, 6.07) is 11.8. The summed E-state index contributed by atoms with van der Waals surface area (Å²) in [5.41, 5.74) is 0.904. The second-order valence-electron chi connectivity index (χ2n) is 8.54. The molecule has 1 atom stereocenters. The highest BCUT2D eigenvalue weighted by Gasteiger charge is 2.36. The van der Waals surface area contributed by atoms with E-state index in [2.05, 4.69) is 21.2 Å². The SMILES string of the molecule is O=C(NC(C(=O)N1CCOCC1)C1CCN(C(=O)c2cccc(Br)c2)CC1)c1ccc(F)cc1. The molecule has 2 aliphatic rings. The predicted octanol–water partition coefficient (Wildman–Crippen LogP) is 3.10. The highest BCUT2D eigenvalue weighted by atomic mass is 79.9. The molecule has 0 aromatic heterocycles. The predicted molar refractivity (Wildman–Crippen MR) is 128 cm³/mol. The lowest BCUT2D eigenvalue weighted by atomic mass is 9.87. The van der Waals surface area contributed by atoms with E-state index in [0.717, 1.165) is 4.47 Å². The van der Waals surface area contributed by atoms with Crippen molar-refractivity contribution in [1.29, 1.82) is 0 Å². The van der Waals surface area contributed by atoms with Gasteiger partial charge in [0.2, 0.25) is 5.91 Å². The molecule has 3 amide bonds. The maximum atomic E-state index is 13.4. The van der Waals surface area contributed by atoms with Crippen LogP contribution in [0.1, 0.15) is 33.6 Å². The Morgan fingerprint density at radius 3 is 2.26 bits per heavy atom. The topological polar surface area (TPSA) is 79.0 Å². The average molecular weight is 532 g/mol. The van der Waals surface area contributed by atoms with Crippen molar-refractivity contribution < 1.29 is 23.5 Å². The van der Waals surface area contributed by atoms with Crippen LogP contribution in [0.2, 0.25) is 0 Å². The van der Waals surface area contributed by atoms with Crippen LogP contribution in [0.15, 0.2) is 53.0 Å². The third kappa shape index (κ3) is 5.82. The van der Waals surface area contributed by atoms with Gasteiger partial charge in [0, 0.05) is 41.8 Å². The van der Waals surface area contributed by atoms with Crippen LogP contribution in [-0.4, -0.2) is 73.0 Å². The van der Waals surface area contributed by atoms with Gasteiger partial charge in [0.15, 0.2) is 0 Å². The lowest BCUT2D eigenvalue weighted by Crippen LogP contribution is -2.56. The van der Waals surface area contributed by atoms with Crippen LogP contribution in [0.25, 0.3) is 0 Å². The van der Waals surface area contributed by atoms with Gasteiger partial charge < -0.3 is 19.9 Å².